The van der Waals surface area contributed by atoms with Crippen molar-refractivity contribution in [1.29, 1.82) is 0 Å². The van der Waals surface area contributed by atoms with Gasteiger partial charge in [0.15, 0.2) is 0 Å². The Morgan fingerprint density at radius 1 is 1.29 bits per heavy atom. The van der Waals surface area contributed by atoms with Gasteiger partial charge in [-0.05, 0) is 21.0 Å². The number of hydrogen-bond acceptors (Lipinski definition) is 7. The number of rotatable bonds is 5. The van der Waals surface area contributed by atoms with Gasteiger partial charge in [-0.2, -0.15) is 18.2 Å². The second kappa shape index (κ2) is 6.91. The Balaban J connectivity index is 2.07. The minimum absolute atomic E-state index is 0.0984. The van der Waals surface area contributed by atoms with Crippen LogP contribution in [0.3, 0.4) is 0 Å². The Bertz CT molecular complexity index is 698. The van der Waals surface area contributed by atoms with Crippen LogP contribution in [0.15, 0.2) is 16.9 Å². The van der Waals surface area contributed by atoms with Crippen LogP contribution >= 0.6 is 0 Å². The van der Waals surface area contributed by atoms with Crippen molar-refractivity contribution in [3.63, 3.8) is 0 Å². The summed E-state index contributed by atoms with van der Waals surface area (Å²) < 4.78 is 41.3. The number of nitrogens with one attached hydrogen (secondary N) is 1. The molecule has 0 aliphatic rings. The molecule has 11 heteroatoms. The molecule has 0 spiro atoms. The molecule has 0 aliphatic carbocycles. The largest absolute Gasteiger partial charge is 0.471 e. The fraction of sp³-hybridized carbons (Fsp3) is 0.462. The third-order valence-corrected chi connectivity index (χ3v) is 2.80. The van der Waals surface area contributed by atoms with Crippen molar-refractivity contribution in [2.75, 3.05) is 20.6 Å². The number of amides is 1. The molecule has 0 unspecified atom stereocenters. The molecule has 0 aromatic carbocycles. The zero-order valence-electron chi connectivity index (χ0n) is 13.1. The molecule has 2 aromatic heterocycles. The highest BCUT2D eigenvalue weighted by molar-refractivity contribution is 5.93. The van der Waals surface area contributed by atoms with E-state index < -0.39 is 17.9 Å². The molecule has 2 heterocycles. The number of alkyl halides is 3. The van der Waals surface area contributed by atoms with Gasteiger partial charge in [-0.3, -0.25) is 4.79 Å². The predicted molar refractivity (Wildman–Crippen MR) is 75.8 cm³/mol. The Morgan fingerprint density at radius 3 is 2.42 bits per heavy atom. The lowest BCUT2D eigenvalue weighted by atomic mass is 10.2. The van der Waals surface area contributed by atoms with Gasteiger partial charge in [-0.25, -0.2) is 9.97 Å². The van der Waals surface area contributed by atoms with Gasteiger partial charge in [-0.1, -0.05) is 5.16 Å². The maximum absolute atomic E-state index is 12.4. The van der Waals surface area contributed by atoms with Crippen LogP contribution in [0.4, 0.5) is 13.2 Å². The average molecular weight is 344 g/mol. The molecule has 1 N–H and O–H groups in total. The summed E-state index contributed by atoms with van der Waals surface area (Å²) in [7, 11) is 3.75. The van der Waals surface area contributed by atoms with E-state index in [0.29, 0.717) is 6.54 Å². The van der Waals surface area contributed by atoms with E-state index in [2.05, 4.69) is 29.9 Å². The van der Waals surface area contributed by atoms with Gasteiger partial charge >= 0.3 is 12.1 Å². The molecule has 2 aromatic rings. The minimum Gasteiger partial charge on any atom is -0.348 e. The summed E-state index contributed by atoms with van der Waals surface area (Å²) in [5.41, 5.74) is 0.170. The summed E-state index contributed by atoms with van der Waals surface area (Å²) in [5, 5.41) is 5.92. The monoisotopic (exact) mass is 344 g/mol. The summed E-state index contributed by atoms with van der Waals surface area (Å²) >= 11 is 0. The topological polar surface area (TPSA) is 97.0 Å². The first-order valence-corrected chi connectivity index (χ1v) is 6.85. The Kier molecular flexibility index (Phi) is 5.12. The van der Waals surface area contributed by atoms with E-state index in [1.807, 2.05) is 25.9 Å². The van der Waals surface area contributed by atoms with Crippen molar-refractivity contribution < 1.29 is 22.5 Å². The number of aromatic nitrogens is 4. The second-order valence-corrected chi connectivity index (χ2v) is 5.35. The van der Waals surface area contributed by atoms with E-state index in [0.717, 1.165) is 0 Å². The molecule has 1 amide bonds. The quantitative estimate of drug-likeness (QED) is 0.871. The van der Waals surface area contributed by atoms with Crippen LogP contribution in [-0.4, -0.2) is 57.6 Å². The van der Waals surface area contributed by atoms with E-state index in [-0.39, 0.29) is 23.3 Å². The molecule has 24 heavy (non-hydrogen) atoms. The van der Waals surface area contributed by atoms with Crippen molar-refractivity contribution in [3.8, 4) is 11.6 Å². The Hall–Kier alpha value is -2.56. The number of halogens is 3. The number of carbonyl (C=O) groups is 1. The maximum Gasteiger partial charge on any atom is 0.471 e. The molecule has 130 valence electrons. The highest BCUT2D eigenvalue weighted by atomic mass is 19.4. The van der Waals surface area contributed by atoms with E-state index in [1.54, 1.807) is 0 Å². The predicted octanol–water partition coefficient (Wildman–Crippen LogP) is 1.23. The molecule has 0 aliphatic heterocycles. The van der Waals surface area contributed by atoms with Crippen LogP contribution < -0.4 is 5.32 Å². The number of hydrogen-bond donors (Lipinski definition) is 1. The smallest absolute Gasteiger partial charge is 0.348 e. The zero-order chi connectivity index (χ0) is 17.9. The van der Waals surface area contributed by atoms with Crippen LogP contribution in [-0.2, 0) is 6.18 Å². The Morgan fingerprint density at radius 2 is 1.92 bits per heavy atom. The summed E-state index contributed by atoms with van der Waals surface area (Å²) in [6.45, 7) is 2.48. The summed E-state index contributed by atoms with van der Waals surface area (Å²) in [6, 6.07) is -0.0984. The van der Waals surface area contributed by atoms with Crippen LogP contribution in [0.25, 0.3) is 11.6 Å². The second-order valence-electron chi connectivity index (χ2n) is 5.35. The third kappa shape index (κ3) is 4.47. The first-order chi connectivity index (χ1) is 11.2. The van der Waals surface area contributed by atoms with Gasteiger partial charge in [-0.15, -0.1) is 0 Å². The Labute approximate surface area is 135 Å². The van der Waals surface area contributed by atoms with Crippen molar-refractivity contribution in [3.05, 3.63) is 23.8 Å². The van der Waals surface area contributed by atoms with Gasteiger partial charge in [0.25, 0.3) is 5.91 Å². The van der Waals surface area contributed by atoms with E-state index in [1.165, 1.54) is 12.4 Å². The van der Waals surface area contributed by atoms with Gasteiger partial charge in [0, 0.05) is 25.0 Å². The van der Waals surface area contributed by atoms with Crippen LogP contribution in [0.2, 0.25) is 0 Å². The van der Waals surface area contributed by atoms with Crippen LogP contribution in [0.1, 0.15) is 23.2 Å². The van der Waals surface area contributed by atoms with Crippen molar-refractivity contribution in [1.82, 2.24) is 30.3 Å². The fourth-order valence-electron chi connectivity index (χ4n) is 1.89. The van der Waals surface area contributed by atoms with E-state index in [9.17, 15) is 18.0 Å². The summed E-state index contributed by atoms with van der Waals surface area (Å²) in [5.74, 6) is -2.46. The number of likely N-dealkylation sites (N-methyl/N-ethyl adjacent to an activating group) is 1. The summed E-state index contributed by atoms with van der Waals surface area (Å²) in [4.78, 5) is 24.7. The van der Waals surface area contributed by atoms with E-state index in [4.69, 9.17) is 0 Å². The maximum atomic E-state index is 12.4. The molecule has 0 saturated heterocycles. The highest BCUT2D eigenvalue weighted by Crippen LogP contribution is 2.28. The standard InChI is InChI=1S/C13H15F3N6O2/c1-7(6-22(2)3)19-11(23)8-4-17-9(18-5-8)10-20-12(24-21-10)13(14,15)16/h4-5,7H,6H2,1-3H3,(H,19,23)/t7-/m1/s1. The average Bonchev–Trinajstić information content (AvgIpc) is 2.96. The van der Waals surface area contributed by atoms with E-state index >= 15 is 0 Å². The third-order valence-electron chi connectivity index (χ3n) is 2.80. The molecule has 0 radical (unpaired) electrons. The first kappa shape index (κ1) is 17.8. The lowest BCUT2D eigenvalue weighted by molar-refractivity contribution is -0.159. The number of carbonyl (C=O) groups excluding carboxylic acids is 1. The number of nitrogens with zero attached hydrogens (tertiary/aromatic N) is 5. The van der Waals surface area contributed by atoms with Crippen molar-refractivity contribution >= 4 is 5.91 Å². The normalized spacial score (nSPS) is 13.1. The SMILES string of the molecule is C[C@H](CN(C)C)NC(=O)c1cnc(-c2noc(C(F)(F)F)n2)nc1. The molecular weight excluding hydrogens is 329 g/mol. The molecule has 0 fully saturated rings. The van der Waals surface area contributed by atoms with Gasteiger partial charge in [0.2, 0.25) is 11.6 Å². The van der Waals surface area contributed by atoms with Crippen molar-refractivity contribution in [2.24, 2.45) is 0 Å². The summed E-state index contributed by atoms with van der Waals surface area (Å²) in [6.07, 6.45) is -2.37. The molecule has 2 rings (SSSR count). The van der Waals surface area contributed by atoms with Crippen LogP contribution in [0.5, 0.6) is 0 Å². The lowest BCUT2D eigenvalue weighted by Crippen LogP contribution is -2.39. The molecule has 0 saturated carbocycles. The minimum atomic E-state index is -4.74. The highest BCUT2D eigenvalue weighted by Gasteiger charge is 2.38. The molecular formula is C13H15F3N6O2. The molecule has 0 bridgehead atoms. The van der Waals surface area contributed by atoms with Gasteiger partial charge < -0.3 is 14.7 Å². The first-order valence-electron chi connectivity index (χ1n) is 6.85. The van der Waals surface area contributed by atoms with Crippen molar-refractivity contribution in [2.45, 2.75) is 19.1 Å². The molecule has 8 nitrogen and oxygen atoms in total. The lowest BCUT2D eigenvalue weighted by Gasteiger charge is -2.18. The fourth-order valence-corrected chi connectivity index (χ4v) is 1.89. The van der Waals surface area contributed by atoms with Crippen LogP contribution in [0, 0.1) is 0 Å². The molecule has 1 atom stereocenters. The van der Waals surface area contributed by atoms with Gasteiger partial charge in [0.05, 0.1) is 5.56 Å². The zero-order valence-corrected chi connectivity index (χ0v) is 13.1. The van der Waals surface area contributed by atoms with Gasteiger partial charge in [0.1, 0.15) is 0 Å².